The largest absolute Gasteiger partial charge is 0.361 e. The highest BCUT2D eigenvalue weighted by Gasteiger charge is 2.09. The summed E-state index contributed by atoms with van der Waals surface area (Å²) in [5.74, 6) is -0.269. The lowest BCUT2D eigenvalue weighted by atomic mass is 10.1. The molecule has 0 aliphatic carbocycles. The molecule has 0 atom stereocenters. The van der Waals surface area contributed by atoms with E-state index in [0.717, 1.165) is 16.5 Å². The molecule has 3 aromatic rings. The number of nitro benzene ring substituents is 1. The number of fused-ring (bicyclic) bond motifs is 1. The number of aromatic amines is 1. The molecule has 0 amide bonds. The summed E-state index contributed by atoms with van der Waals surface area (Å²) < 4.78 is 0. The van der Waals surface area contributed by atoms with Gasteiger partial charge in [-0.1, -0.05) is 30.3 Å². The summed E-state index contributed by atoms with van der Waals surface area (Å²) in [5, 5.41) is 11.8. The fraction of sp³-hybridized carbons (Fsp3) is 0. The number of carbonyl (C=O) groups excluding carboxylic acids is 1. The van der Waals surface area contributed by atoms with Gasteiger partial charge in [-0.05, 0) is 23.8 Å². The first-order valence-corrected chi connectivity index (χ1v) is 6.68. The molecule has 0 unspecified atom stereocenters. The summed E-state index contributed by atoms with van der Waals surface area (Å²) in [4.78, 5) is 25.5. The van der Waals surface area contributed by atoms with Crippen LogP contribution in [0.5, 0.6) is 0 Å². The lowest BCUT2D eigenvalue weighted by molar-refractivity contribution is -0.384. The van der Waals surface area contributed by atoms with Crippen LogP contribution in [0.2, 0.25) is 0 Å². The molecule has 0 aliphatic heterocycles. The molecule has 5 heteroatoms. The van der Waals surface area contributed by atoms with Gasteiger partial charge >= 0.3 is 0 Å². The molecule has 2 aromatic carbocycles. The highest BCUT2D eigenvalue weighted by Crippen LogP contribution is 2.19. The third kappa shape index (κ3) is 2.64. The maximum absolute atomic E-state index is 12.1. The molecule has 0 saturated heterocycles. The SMILES string of the molecule is O=C(/C=C\c1c[nH]c2ccccc12)c1cccc([N+](=O)[O-])c1. The van der Waals surface area contributed by atoms with Crippen molar-refractivity contribution in [2.24, 2.45) is 0 Å². The normalized spacial score (nSPS) is 11.1. The second kappa shape index (κ2) is 5.65. The second-order valence-corrected chi connectivity index (χ2v) is 4.79. The second-order valence-electron chi connectivity index (χ2n) is 4.79. The minimum absolute atomic E-state index is 0.0913. The summed E-state index contributed by atoms with van der Waals surface area (Å²) in [6.45, 7) is 0. The van der Waals surface area contributed by atoms with Crippen molar-refractivity contribution < 1.29 is 9.72 Å². The van der Waals surface area contributed by atoms with Crippen LogP contribution in [-0.4, -0.2) is 15.7 Å². The quantitative estimate of drug-likeness (QED) is 0.342. The maximum Gasteiger partial charge on any atom is 0.270 e. The third-order valence-corrected chi connectivity index (χ3v) is 3.38. The molecule has 5 nitrogen and oxygen atoms in total. The van der Waals surface area contributed by atoms with Gasteiger partial charge in [0, 0.05) is 34.8 Å². The Balaban J connectivity index is 1.87. The number of nitrogens with one attached hydrogen (secondary N) is 1. The van der Waals surface area contributed by atoms with Crippen molar-refractivity contribution in [3.63, 3.8) is 0 Å². The standard InChI is InChI=1S/C17H12N2O3/c20-17(12-4-3-5-14(10-12)19(21)22)9-8-13-11-18-16-7-2-1-6-15(13)16/h1-11,18H/b9-8-. The Morgan fingerprint density at radius 1 is 1.14 bits per heavy atom. The molecule has 3 rings (SSSR count). The van der Waals surface area contributed by atoms with Crippen molar-refractivity contribution in [3.05, 3.63) is 82.0 Å². The fourth-order valence-electron chi connectivity index (χ4n) is 2.27. The van der Waals surface area contributed by atoms with Crippen LogP contribution >= 0.6 is 0 Å². The maximum atomic E-state index is 12.1. The number of H-pyrrole nitrogens is 1. The van der Waals surface area contributed by atoms with Crippen LogP contribution in [0.4, 0.5) is 5.69 Å². The number of nitro groups is 1. The molecule has 0 radical (unpaired) electrons. The van der Waals surface area contributed by atoms with Gasteiger partial charge in [0.25, 0.3) is 5.69 Å². The molecule has 0 bridgehead atoms. The minimum atomic E-state index is -0.514. The Hall–Kier alpha value is -3.21. The topological polar surface area (TPSA) is 76.0 Å². The van der Waals surface area contributed by atoms with E-state index in [1.54, 1.807) is 12.1 Å². The van der Waals surface area contributed by atoms with Crippen LogP contribution < -0.4 is 0 Å². The van der Waals surface area contributed by atoms with Crippen molar-refractivity contribution in [2.45, 2.75) is 0 Å². The van der Waals surface area contributed by atoms with E-state index in [1.807, 2.05) is 30.5 Å². The molecular weight excluding hydrogens is 280 g/mol. The van der Waals surface area contributed by atoms with Crippen LogP contribution in [0.1, 0.15) is 15.9 Å². The number of non-ortho nitro benzene ring substituents is 1. The number of para-hydroxylation sites is 1. The van der Waals surface area contributed by atoms with Crippen molar-refractivity contribution in [3.8, 4) is 0 Å². The Labute approximate surface area is 126 Å². The van der Waals surface area contributed by atoms with Gasteiger partial charge in [-0.2, -0.15) is 0 Å². The smallest absolute Gasteiger partial charge is 0.270 e. The lowest BCUT2D eigenvalue weighted by Crippen LogP contribution is -1.96. The Morgan fingerprint density at radius 3 is 2.77 bits per heavy atom. The number of ketones is 1. The molecule has 0 spiro atoms. The van der Waals surface area contributed by atoms with Gasteiger partial charge in [0.1, 0.15) is 0 Å². The minimum Gasteiger partial charge on any atom is -0.361 e. The van der Waals surface area contributed by atoms with E-state index < -0.39 is 4.92 Å². The van der Waals surface area contributed by atoms with Gasteiger partial charge in [-0.25, -0.2) is 0 Å². The van der Waals surface area contributed by atoms with E-state index in [0.29, 0.717) is 5.56 Å². The fourth-order valence-corrected chi connectivity index (χ4v) is 2.27. The first-order valence-electron chi connectivity index (χ1n) is 6.68. The highest BCUT2D eigenvalue weighted by molar-refractivity contribution is 6.08. The Morgan fingerprint density at radius 2 is 1.95 bits per heavy atom. The zero-order valence-corrected chi connectivity index (χ0v) is 11.5. The number of rotatable bonds is 4. The third-order valence-electron chi connectivity index (χ3n) is 3.38. The average Bonchev–Trinajstić information content (AvgIpc) is 2.96. The zero-order chi connectivity index (χ0) is 15.5. The van der Waals surface area contributed by atoms with Crippen LogP contribution in [0, 0.1) is 10.1 Å². The molecule has 0 saturated carbocycles. The van der Waals surface area contributed by atoms with Crippen LogP contribution in [0.25, 0.3) is 17.0 Å². The van der Waals surface area contributed by atoms with Crippen molar-refractivity contribution >= 4 is 28.4 Å². The highest BCUT2D eigenvalue weighted by atomic mass is 16.6. The number of nitrogens with zero attached hydrogens (tertiary/aromatic N) is 1. The Bertz CT molecular complexity index is 894. The van der Waals surface area contributed by atoms with Crippen molar-refractivity contribution in [1.82, 2.24) is 4.98 Å². The molecule has 108 valence electrons. The zero-order valence-electron chi connectivity index (χ0n) is 11.5. The summed E-state index contributed by atoms with van der Waals surface area (Å²) in [6, 6.07) is 13.5. The number of hydrogen-bond donors (Lipinski definition) is 1. The molecular formula is C17H12N2O3. The summed E-state index contributed by atoms with van der Waals surface area (Å²) in [6.07, 6.45) is 4.95. The number of benzene rings is 2. The molecule has 1 N–H and O–H groups in total. The number of carbonyl (C=O) groups is 1. The van der Waals surface area contributed by atoms with E-state index in [9.17, 15) is 14.9 Å². The molecule has 0 fully saturated rings. The number of hydrogen-bond acceptors (Lipinski definition) is 3. The van der Waals surface area contributed by atoms with Crippen LogP contribution in [0.15, 0.2) is 60.8 Å². The van der Waals surface area contributed by atoms with E-state index >= 15 is 0 Å². The first-order chi connectivity index (χ1) is 10.6. The number of aromatic nitrogens is 1. The first kappa shape index (κ1) is 13.8. The molecule has 0 aliphatic rings. The van der Waals surface area contributed by atoms with Crippen LogP contribution in [-0.2, 0) is 0 Å². The summed E-state index contributed by atoms with van der Waals surface area (Å²) in [7, 11) is 0. The number of allylic oxidation sites excluding steroid dienone is 1. The van der Waals surface area contributed by atoms with Crippen molar-refractivity contribution in [1.29, 1.82) is 0 Å². The van der Waals surface area contributed by atoms with Gasteiger partial charge in [0.15, 0.2) is 5.78 Å². The van der Waals surface area contributed by atoms with Gasteiger partial charge < -0.3 is 4.98 Å². The van der Waals surface area contributed by atoms with Gasteiger partial charge in [-0.3, -0.25) is 14.9 Å². The van der Waals surface area contributed by atoms with E-state index in [1.165, 1.54) is 24.3 Å². The monoisotopic (exact) mass is 292 g/mol. The van der Waals surface area contributed by atoms with Gasteiger partial charge in [0.05, 0.1) is 4.92 Å². The predicted octanol–water partition coefficient (Wildman–Crippen LogP) is 3.97. The van der Waals surface area contributed by atoms with E-state index in [-0.39, 0.29) is 11.5 Å². The molecule has 22 heavy (non-hydrogen) atoms. The lowest BCUT2D eigenvalue weighted by Gasteiger charge is -1.96. The Kier molecular flexibility index (Phi) is 3.53. The summed E-state index contributed by atoms with van der Waals surface area (Å²) >= 11 is 0. The molecule has 1 heterocycles. The van der Waals surface area contributed by atoms with E-state index in [4.69, 9.17) is 0 Å². The van der Waals surface area contributed by atoms with Crippen LogP contribution in [0.3, 0.4) is 0 Å². The molecule has 1 aromatic heterocycles. The van der Waals surface area contributed by atoms with Crippen molar-refractivity contribution in [2.75, 3.05) is 0 Å². The van der Waals surface area contributed by atoms with Gasteiger partial charge in [-0.15, -0.1) is 0 Å². The summed E-state index contributed by atoms with van der Waals surface area (Å²) in [5.41, 5.74) is 2.09. The van der Waals surface area contributed by atoms with E-state index in [2.05, 4.69) is 4.98 Å². The van der Waals surface area contributed by atoms with Gasteiger partial charge in [0.2, 0.25) is 0 Å². The average molecular weight is 292 g/mol. The predicted molar refractivity (Wildman–Crippen MR) is 84.8 cm³/mol.